The van der Waals surface area contributed by atoms with Gasteiger partial charge in [-0.3, -0.25) is 0 Å². The average molecular weight is 257 g/mol. The molecular weight excluding hydrogens is 234 g/mol. The Kier molecular flexibility index (Phi) is 4.09. The zero-order valence-corrected chi connectivity index (χ0v) is 11.1. The lowest BCUT2D eigenvalue weighted by molar-refractivity contribution is -0.120. The van der Waals surface area contributed by atoms with Crippen LogP contribution in [-0.4, -0.2) is 61.5 Å². The highest BCUT2D eigenvalue weighted by molar-refractivity contribution is 5.74. The van der Waals surface area contributed by atoms with Crippen molar-refractivity contribution >= 4 is 6.03 Å². The fraction of sp³-hybridized carbons (Fsp3) is 0.917. The third-order valence-corrected chi connectivity index (χ3v) is 3.29. The molecule has 2 saturated heterocycles. The minimum absolute atomic E-state index is 0.0414. The molecule has 2 fully saturated rings. The van der Waals surface area contributed by atoms with Crippen LogP contribution in [0, 0.1) is 0 Å². The Labute approximate surface area is 108 Å². The van der Waals surface area contributed by atoms with E-state index in [9.17, 15) is 4.79 Å². The second kappa shape index (κ2) is 5.42. The second-order valence-electron chi connectivity index (χ2n) is 5.63. The van der Waals surface area contributed by atoms with E-state index in [0.717, 1.165) is 13.0 Å². The number of hydrogen-bond acceptors (Lipinski definition) is 4. The third-order valence-electron chi connectivity index (χ3n) is 3.29. The summed E-state index contributed by atoms with van der Waals surface area (Å²) in [6.45, 7) is 6.87. The predicted octanol–water partition coefficient (Wildman–Crippen LogP) is -0.0770. The highest BCUT2D eigenvalue weighted by Gasteiger charge is 2.35. The van der Waals surface area contributed by atoms with Crippen molar-refractivity contribution in [2.75, 3.05) is 32.8 Å². The number of nitrogens with one attached hydrogen (secondary N) is 1. The Hall–Kier alpha value is -0.850. The SMILES string of the molecule is CC1(C)CN(C(=O)NC2CCOC2)CC(CN)O1. The summed E-state index contributed by atoms with van der Waals surface area (Å²) < 4.78 is 11.1. The molecule has 0 spiro atoms. The molecule has 18 heavy (non-hydrogen) atoms. The number of morpholine rings is 1. The molecule has 2 aliphatic heterocycles. The van der Waals surface area contributed by atoms with Crippen molar-refractivity contribution in [3.8, 4) is 0 Å². The molecule has 0 aromatic carbocycles. The fourth-order valence-corrected chi connectivity index (χ4v) is 2.49. The number of carbonyl (C=O) groups is 1. The van der Waals surface area contributed by atoms with Crippen LogP contribution >= 0.6 is 0 Å². The Bertz CT molecular complexity index is 303. The number of carbonyl (C=O) groups excluding carboxylic acids is 1. The molecule has 0 bridgehead atoms. The molecule has 3 N–H and O–H groups in total. The van der Waals surface area contributed by atoms with Crippen LogP contribution in [0.5, 0.6) is 0 Å². The molecule has 0 aliphatic carbocycles. The molecule has 2 atom stereocenters. The van der Waals surface area contributed by atoms with Crippen LogP contribution in [0.15, 0.2) is 0 Å². The maximum absolute atomic E-state index is 12.2. The second-order valence-corrected chi connectivity index (χ2v) is 5.63. The van der Waals surface area contributed by atoms with Crippen molar-refractivity contribution in [3.63, 3.8) is 0 Å². The molecule has 2 heterocycles. The van der Waals surface area contributed by atoms with Gasteiger partial charge in [0.25, 0.3) is 0 Å². The van der Waals surface area contributed by atoms with Gasteiger partial charge < -0.3 is 25.4 Å². The lowest BCUT2D eigenvalue weighted by Gasteiger charge is -2.42. The monoisotopic (exact) mass is 257 g/mol. The standard InChI is InChI=1S/C12H23N3O3/c1-12(2)8-15(6-10(5-13)18-12)11(16)14-9-3-4-17-7-9/h9-10H,3-8,13H2,1-2H3,(H,14,16). The lowest BCUT2D eigenvalue weighted by Crippen LogP contribution is -2.59. The summed E-state index contributed by atoms with van der Waals surface area (Å²) in [6.07, 6.45) is 0.805. The van der Waals surface area contributed by atoms with Crippen LogP contribution in [0.25, 0.3) is 0 Å². The first-order valence-corrected chi connectivity index (χ1v) is 6.51. The maximum atomic E-state index is 12.2. The Morgan fingerprint density at radius 2 is 2.33 bits per heavy atom. The molecule has 0 aromatic heterocycles. The summed E-state index contributed by atoms with van der Waals surface area (Å²) in [7, 11) is 0. The van der Waals surface area contributed by atoms with Gasteiger partial charge in [0.05, 0.1) is 30.9 Å². The first-order chi connectivity index (χ1) is 8.50. The highest BCUT2D eigenvalue weighted by atomic mass is 16.5. The third kappa shape index (κ3) is 3.34. The molecule has 2 amide bonds. The van der Waals surface area contributed by atoms with Crippen molar-refractivity contribution < 1.29 is 14.3 Å². The molecule has 104 valence electrons. The van der Waals surface area contributed by atoms with E-state index in [1.165, 1.54) is 0 Å². The van der Waals surface area contributed by atoms with Gasteiger partial charge in [0.2, 0.25) is 0 Å². The summed E-state index contributed by atoms with van der Waals surface area (Å²) in [4.78, 5) is 14.0. The van der Waals surface area contributed by atoms with Gasteiger partial charge in [0.15, 0.2) is 0 Å². The van der Waals surface area contributed by atoms with E-state index in [1.807, 2.05) is 13.8 Å². The summed E-state index contributed by atoms with van der Waals surface area (Å²) in [5.41, 5.74) is 5.31. The van der Waals surface area contributed by atoms with Crippen LogP contribution in [0.1, 0.15) is 20.3 Å². The van der Waals surface area contributed by atoms with E-state index in [-0.39, 0.29) is 23.8 Å². The van der Waals surface area contributed by atoms with E-state index in [4.69, 9.17) is 15.2 Å². The number of hydrogen-bond donors (Lipinski definition) is 2. The number of ether oxygens (including phenoxy) is 2. The van der Waals surface area contributed by atoms with Crippen LogP contribution in [-0.2, 0) is 9.47 Å². The molecule has 0 aromatic rings. The van der Waals surface area contributed by atoms with E-state index < -0.39 is 0 Å². The van der Waals surface area contributed by atoms with Crippen LogP contribution in [0.2, 0.25) is 0 Å². The van der Waals surface area contributed by atoms with Gasteiger partial charge in [-0.25, -0.2) is 4.79 Å². The Balaban J connectivity index is 1.91. The Morgan fingerprint density at radius 3 is 2.94 bits per heavy atom. The molecule has 6 heteroatoms. The zero-order valence-electron chi connectivity index (χ0n) is 11.1. The molecular formula is C12H23N3O3. The fourth-order valence-electron chi connectivity index (χ4n) is 2.49. The lowest BCUT2D eigenvalue weighted by atomic mass is 10.1. The maximum Gasteiger partial charge on any atom is 0.317 e. The normalized spacial score (nSPS) is 31.4. The Morgan fingerprint density at radius 1 is 1.56 bits per heavy atom. The number of nitrogens with two attached hydrogens (primary N) is 1. The molecule has 0 radical (unpaired) electrons. The summed E-state index contributed by atoms with van der Waals surface area (Å²) in [5, 5.41) is 3.00. The van der Waals surface area contributed by atoms with Crippen molar-refractivity contribution in [1.82, 2.24) is 10.2 Å². The van der Waals surface area contributed by atoms with Crippen molar-refractivity contribution in [2.24, 2.45) is 5.73 Å². The van der Waals surface area contributed by atoms with E-state index in [1.54, 1.807) is 4.90 Å². The minimum atomic E-state index is -0.341. The van der Waals surface area contributed by atoms with Crippen LogP contribution in [0.3, 0.4) is 0 Å². The number of rotatable bonds is 2. The zero-order chi connectivity index (χ0) is 13.2. The van der Waals surface area contributed by atoms with Gasteiger partial charge >= 0.3 is 6.03 Å². The van der Waals surface area contributed by atoms with E-state index in [2.05, 4.69) is 5.32 Å². The molecule has 6 nitrogen and oxygen atoms in total. The summed E-state index contributed by atoms with van der Waals surface area (Å²) >= 11 is 0. The van der Waals surface area contributed by atoms with Crippen LogP contribution < -0.4 is 11.1 Å². The average Bonchev–Trinajstić information content (AvgIpc) is 2.79. The summed E-state index contributed by atoms with van der Waals surface area (Å²) in [6, 6.07) is 0.0973. The smallest absolute Gasteiger partial charge is 0.317 e. The van der Waals surface area contributed by atoms with Crippen molar-refractivity contribution in [1.29, 1.82) is 0 Å². The summed E-state index contributed by atoms with van der Waals surface area (Å²) in [5.74, 6) is 0. The first-order valence-electron chi connectivity index (χ1n) is 6.51. The first kappa shape index (κ1) is 13.6. The number of urea groups is 1. The highest BCUT2D eigenvalue weighted by Crippen LogP contribution is 2.20. The van der Waals surface area contributed by atoms with Gasteiger partial charge in [-0.2, -0.15) is 0 Å². The van der Waals surface area contributed by atoms with Gasteiger partial charge in [-0.05, 0) is 20.3 Å². The number of amides is 2. The van der Waals surface area contributed by atoms with Gasteiger partial charge in [-0.1, -0.05) is 0 Å². The quantitative estimate of drug-likeness (QED) is 0.725. The molecule has 2 rings (SSSR count). The van der Waals surface area contributed by atoms with E-state index >= 15 is 0 Å². The minimum Gasteiger partial charge on any atom is -0.379 e. The van der Waals surface area contributed by atoms with Crippen LogP contribution in [0.4, 0.5) is 4.79 Å². The van der Waals surface area contributed by atoms with Gasteiger partial charge in [0.1, 0.15) is 0 Å². The van der Waals surface area contributed by atoms with Crippen molar-refractivity contribution in [2.45, 2.75) is 38.0 Å². The largest absolute Gasteiger partial charge is 0.379 e. The predicted molar refractivity (Wildman–Crippen MR) is 67.3 cm³/mol. The van der Waals surface area contributed by atoms with Gasteiger partial charge in [0, 0.05) is 19.7 Å². The molecule has 0 saturated carbocycles. The van der Waals surface area contributed by atoms with Gasteiger partial charge in [-0.15, -0.1) is 0 Å². The number of nitrogens with zero attached hydrogens (tertiary/aromatic N) is 1. The topological polar surface area (TPSA) is 76.8 Å². The van der Waals surface area contributed by atoms with E-state index in [0.29, 0.717) is 26.2 Å². The molecule has 2 unspecified atom stereocenters. The van der Waals surface area contributed by atoms with Crippen molar-refractivity contribution in [3.05, 3.63) is 0 Å². The molecule has 2 aliphatic rings.